The summed E-state index contributed by atoms with van der Waals surface area (Å²) in [6, 6.07) is 59.6. The van der Waals surface area contributed by atoms with Crippen molar-refractivity contribution in [1.82, 2.24) is 0 Å². The first-order valence-electron chi connectivity index (χ1n) is 33.5. The fraction of sp³-hybridized carbons (Fsp3) is 0.500. The van der Waals surface area contributed by atoms with Crippen molar-refractivity contribution >= 4 is 52.4 Å². The highest BCUT2D eigenvalue weighted by Crippen LogP contribution is 2.42. The second-order valence-electron chi connectivity index (χ2n) is 29.8. The van der Waals surface area contributed by atoms with Crippen LogP contribution in [-0.2, 0) is 91.3 Å². The van der Waals surface area contributed by atoms with Crippen LogP contribution in [0, 0.1) is 0 Å². The van der Waals surface area contributed by atoms with Crippen molar-refractivity contribution < 1.29 is 56.8 Å². The zero-order chi connectivity index (χ0) is 68.7. The van der Waals surface area contributed by atoms with Crippen LogP contribution in [0.15, 0.2) is 182 Å². The molecule has 6 aromatic rings. The lowest BCUT2D eigenvalue weighted by Gasteiger charge is -2.42. The minimum Gasteiger partial charge on any atom is -0.413 e. The van der Waals surface area contributed by atoms with Crippen molar-refractivity contribution in [3.05, 3.63) is 215 Å². The molecule has 3 saturated carbocycles. The molecule has 94 heavy (non-hydrogen) atoms. The molecular formula is C78H109ClO12Si3. The van der Waals surface area contributed by atoms with Crippen molar-refractivity contribution in [1.29, 1.82) is 0 Å². The number of benzene rings is 6. The van der Waals surface area contributed by atoms with E-state index in [1.165, 1.54) is 0 Å². The van der Waals surface area contributed by atoms with E-state index in [2.05, 4.69) is 102 Å². The van der Waals surface area contributed by atoms with Gasteiger partial charge in [0.15, 0.2) is 41.4 Å². The summed E-state index contributed by atoms with van der Waals surface area (Å²) < 4.78 is 49.7. The number of hydrogen-bond donors (Lipinski definition) is 1. The average Bonchev–Trinajstić information content (AvgIpc) is 0.823. The molecule has 0 amide bonds. The van der Waals surface area contributed by atoms with Gasteiger partial charge in [0, 0.05) is 38.5 Å². The summed E-state index contributed by atoms with van der Waals surface area (Å²) in [6.45, 7) is 35.7. The molecule has 0 bridgehead atoms. The first kappa shape index (κ1) is 77.9. The smallest absolute Gasteiger partial charge is 0.192 e. The van der Waals surface area contributed by atoms with E-state index >= 15 is 0 Å². The average molecular weight is 1360 g/mol. The molecule has 0 aromatic heterocycles. The van der Waals surface area contributed by atoms with E-state index in [4.69, 9.17) is 48.4 Å². The number of aliphatic hydroxyl groups excluding tert-OH is 1. The molecule has 12 nitrogen and oxygen atoms in total. The van der Waals surface area contributed by atoms with Gasteiger partial charge in [-0.1, -0.05) is 257 Å². The summed E-state index contributed by atoms with van der Waals surface area (Å²) in [5.74, 6) is 0.0515. The molecule has 3 aliphatic rings. The standard InChI is InChI=1S/2C26H36O4Si.C20H22O4.C6H15ClSi/c2*1-26(2,3)31(4,5)30-22-16-23(27)25(29-19-21-14-10-7-11-15-21)24(17-22)28-18-20-12-8-6-9-13-20;21-17-11-18(22)20(24-14-16-9-5-2-6-10-16)19(12-17)23-13-15-7-3-1-4-8-15;1-6(2,3)8(4,5)7/h2*6-15,22,24-25H,16-19H2,1-5H3;1-10,17,19-21H,11-14H2;1-5H3. The van der Waals surface area contributed by atoms with Crippen LogP contribution < -0.4 is 0 Å². The molecule has 512 valence electrons. The lowest BCUT2D eigenvalue weighted by atomic mass is 9.91. The van der Waals surface area contributed by atoms with Crippen molar-refractivity contribution in [2.75, 3.05) is 0 Å². The minimum absolute atomic E-state index is 0.0731. The molecular weight excluding hydrogens is 1250 g/mol. The SMILES string of the molecule is CC(C)(C)[Si](C)(C)Cl.CC(C)(C)[Si](C)(C)OC1CC(=O)C(OCc2ccccc2)C(OCc2ccccc2)C1.CC(C)(C)[Si](C)(C)OC1CC(=O)C(OCc2ccccc2)C(OCc2ccccc2)C1.O=C1CC(O)CC(OCc2ccccc2)C1OCc1ccccc1. The number of Topliss-reactive ketones (excluding diaryl/α,β-unsaturated/α-hetero) is 3. The Morgan fingerprint density at radius 1 is 0.351 bits per heavy atom. The highest BCUT2D eigenvalue weighted by molar-refractivity contribution is 7.20. The summed E-state index contributed by atoms with van der Waals surface area (Å²) in [5.41, 5.74) is 6.33. The van der Waals surface area contributed by atoms with Crippen LogP contribution in [0.25, 0.3) is 0 Å². The van der Waals surface area contributed by atoms with E-state index in [1.54, 1.807) is 0 Å². The van der Waals surface area contributed by atoms with Gasteiger partial charge in [-0.3, -0.25) is 14.4 Å². The second-order valence-corrected chi connectivity index (χ2v) is 46.5. The highest BCUT2D eigenvalue weighted by atomic mass is 35.6. The van der Waals surface area contributed by atoms with E-state index in [-0.39, 0.29) is 58.3 Å². The molecule has 0 aliphatic heterocycles. The normalized spacial score (nSPS) is 22.2. The maximum Gasteiger partial charge on any atom is 0.192 e. The summed E-state index contributed by atoms with van der Waals surface area (Å²) in [7, 11) is -5.35. The quantitative estimate of drug-likeness (QED) is 0.0510. The van der Waals surface area contributed by atoms with Crippen LogP contribution >= 0.6 is 11.1 Å². The van der Waals surface area contributed by atoms with Gasteiger partial charge in [-0.15, -0.1) is 0 Å². The molecule has 1 N–H and O–H groups in total. The van der Waals surface area contributed by atoms with Crippen molar-refractivity contribution in [2.45, 2.75) is 250 Å². The van der Waals surface area contributed by atoms with Crippen LogP contribution in [0.3, 0.4) is 0 Å². The lowest BCUT2D eigenvalue weighted by Crippen LogP contribution is -2.51. The van der Waals surface area contributed by atoms with E-state index in [1.807, 2.05) is 182 Å². The van der Waals surface area contributed by atoms with E-state index in [9.17, 15) is 19.5 Å². The third kappa shape index (κ3) is 25.7. The number of carbonyl (C=O) groups excluding carboxylic acids is 3. The third-order valence-corrected chi connectivity index (χ3v) is 33.1. The Kier molecular flexibility index (Phi) is 30.2. The number of hydrogen-bond acceptors (Lipinski definition) is 12. The van der Waals surface area contributed by atoms with Crippen LogP contribution in [0.2, 0.25) is 54.4 Å². The summed E-state index contributed by atoms with van der Waals surface area (Å²) in [6.07, 6.45) is -1.06. The van der Waals surface area contributed by atoms with E-state index in [0.29, 0.717) is 76.8 Å². The maximum absolute atomic E-state index is 13.1. The maximum atomic E-state index is 13.1. The molecule has 0 spiro atoms. The monoisotopic (exact) mass is 1360 g/mol. The molecule has 0 radical (unpaired) electrons. The van der Waals surface area contributed by atoms with Gasteiger partial charge >= 0.3 is 0 Å². The highest BCUT2D eigenvalue weighted by Gasteiger charge is 2.47. The Labute approximate surface area is 571 Å². The fourth-order valence-corrected chi connectivity index (χ4v) is 12.8. The molecule has 9 atom stereocenters. The Bertz CT molecular complexity index is 3000. The number of aliphatic hydroxyl groups is 1. The number of rotatable bonds is 22. The Morgan fingerprint density at radius 3 is 0.787 bits per heavy atom. The van der Waals surface area contributed by atoms with Gasteiger partial charge in [-0.2, -0.15) is 11.1 Å². The molecule has 16 heteroatoms. The van der Waals surface area contributed by atoms with Crippen molar-refractivity contribution in [3.8, 4) is 0 Å². The zero-order valence-electron chi connectivity index (χ0n) is 58.8. The Morgan fingerprint density at radius 2 is 0.564 bits per heavy atom. The first-order chi connectivity index (χ1) is 44.3. The van der Waals surface area contributed by atoms with E-state index < -0.39 is 54.5 Å². The first-order valence-corrected chi connectivity index (χ1v) is 43.4. The molecule has 0 saturated heterocycles. The van der Waals surface area contributed by atoms with Gasteiger partial charge in [0.25, 0.3) is 0 Å². The van der Waals surface area contributed by atoms with Crippen LogP contribution in [0.4, 0.5) is 0 Å². The van der Waals surface area contributed by atoms with Gasteiger partial charge in [-0.25, -0.2) is 0 Å². The third-order valence-electron chi connectivity index (χ3n) is 18.8. The van der Waals surface area contributed by atoms with Crippen LogP contribution in [0.5, 0.6) is 0 Å². The van der Waals surface area contributed by atoms with Gasteiger partial charge < -0.3 is 42.4 Å². The Balaban J connectivity index is 0.000000212. The van der Waals surface area contributed by atoms with Crippen molar-refractivity contribution in [3.63, 3.8) is 0 Å². The molecule has 9 unspecified atom stereocenters. The van der Waals surface area contributed by atoms with Gasteiger partial charge in [0.1, 0.15) is 18.3 Å². The molecule has 3 fully saturated rings. The summed E-state index contributed by atoms with van der Waals surface area (Å²) in [5, 5.41) is 10.4. The topological polar surface area (TPSA) is 145 Å². The molecule has 0 heterocycles. The predicted octanol–water partition coefficient (Wildman–Crippen LogP) is 17.9. The number of ether oxygens (including phenoxy) is 6. The molecule has 9 rings (SSSR count). The number of ketones is 3. The number of halogens is 1. The van der Waals surface area contributed by atoms with Gasteiger partial charge in [0.05, 0.1) is 76.3 Å². The lowest BCUT2D eigenvalue weighted by molar-refractivity contribution is -0.159. The van der Waals surface area contributed by atoms with Crippen molar-refractivity contribution in [2.24, 2.45) is 0 Å². The molecule has 6 aromatic carbocycles. The Hall–Kier alpha value is -5.09. The zero-order valence-corrected chi connectivity index (χ0v) is 62.6. The van der Waals surface area contributed by atoms with Gasteiger partial charge in [0.2, 0.25) is 0 Å². The largest absolute Gasteiger partial charge is 0.413 e. The van der Waals surface area contributed by atoms with Crippen LogP contribution in [0.1, 0.15) is 134 Å². The van der Waals surface area contributed by atoms with Crippen LogP contribution in [-0.4, -0.2) is 101 Å². The predicted molar refractivity (Wildman–Crippen MR) is 386 cm³/mol. The van der Waals surface area contributed by atoms with E-state index in [0.717, 1.165) is 33.4 Å². The van der Waals surface area contributed by atoms with Gasteiger partial charge in [-0.05, 0) is 74.7 Å². The molecule has 3 aliphatic carbocycles. The summed E-state index contributed by atoms with van der Waals surface area (Å²) >= 11 is 6.15. The second kappa shape index (κ2) is 36.5. The summed E-state index contributed by atoms with van der Waals surface area (Å²) in [4.78, 5) is 38.5. The number of carbonyl (C=O) groups is 3. The fourth-order valence-electron chi connectivity index (χ4n) is 10.1. The minimum atomic E-state index is -1.98.